The van der Waals surface area contributed by atoms with E-state index in [4.69, 9.17) is 14.6 Å². The van der Waals surface area contributed by atoms with E-state index in [1.54, 1.807) is 0 Å². The molecule has 18 heavy (non-hydrogen) atoms. The number of carbonyl (C=O) groups is 2. The van der Waals surface area contributed by atoms with Crippen LogP contribution in [0.25, 0.3) is 0 Å². The van der Waals surface area contributed by atoms with E-state index in [1.807, 2.05) is 13.8 Å². The summed E-state index contributed by atoms with van der Waals surface area (Å²) in [6.45, 7) is 5.03. The lowest BCUT2D eigenvalue weighted by Crippen LogP contribution is -2.36. The van der Waals surface area contributed by atoms with Crippen LogP contribution in [0.5, 0.6) is 0 Å². The fourth-order valence-electron chi connectivity index (χ4n) is 1.73. The smallest absolute Gasteiger partial charge is 0.332 e. The normalized spacial score (nSPS) is 23.3. The molecule has 1 rings (SSSR count). The van der Waals surface area contributed by atoms with Crippen LogP contribution >= 0.6 is 0 Å². The van der Waals surface area contributed by atoms with E-state index in [0.29, 0.717) is 26.0 Å². The van der Waals surface area contributed by atoms with E-state index in [9.17, 15) is 9.59 Å². The van der Waals surface area contributed by atoms with E-state index in [1.165, 1.54) is 0 Å². The number of hydrogen-bond donors (Lipinski definition) is 2. The minimum absolute atomic E-state index is 0.190. The van der Waals surface area contributed by atoms with Crippen LogP contribution in [-0.2, 0) is 19.1 Å². The monoisotopic (exact) mass is 259 g/mol. The quantitative estimate of drug-likeness (QED) is 0.652. The van der Waals surface area contributed by atoms with Gasteiger partial charge in [0, 0.05) is 13.2 Å². The van der Waals surface area contributed by atoms with E-state index in [-0.39, 0.29) is 12.0 Å². The lowest BCUT2D eigenvalue weighted by molar-refractivity contribution is -0.151. The third-order valence-electron chi connectivity index (χ3n) is 2.66. The molecule has 2 atom stereocenters. The first-order chi connectivity index (χ1) is 8.50. The zero-order valence-corrected chi connectivity index (χ0v) is 10.8. The van der Waals surface area contributed by atoms with Gasteiger partial charge in [-0.1, -0.05) is 0 Å². The van der Waals surface area contributed by atoms with E-state index in [0.717, 1.165) is 6.42 Å². The number of carbonyl (C=O) groups excluding carboxylic acids is 1. The Kier molecular flexibility index (Phi) is 6.07. The van der Waals surface area contributed by atoms with Gasteiger partial charge in [-0.25, -0.2) is 4.79 Å². The molecular formula is C12H21NO5. The first-order valence-corrected chi connectivity index (χ1v) is 6.28. The summed E-state index contributed by atoms with van der Waals surface area (Å²) in [5.74, 6) is -1.24. The van der Waals surface area contributed by atoms with Crippen LogP contribution in [0.2, 0.25) is 0 Å². The molecule has 2 unspecified atom stereocenters. The van der Waals surface area contributed by atoms with Gasteiger partial charge in [-0.3, -0.25) is 4.79 Å². The molecule has 1 saturated heterocycles. The molecule has 1 heterocycles. The maximum Gasteiger partial charge on any atom is 0.332 e. The topological polar surface area (TPSA) is 84.9 Å². The molecule has 1 aliphatic rings. The first-order valence-electron chi connectivity index (χ1n) is 6.28. The standard InChI is InChI=1S/C12H21NO5/c1-8(2)17-7-3-6-13-11(14)9-4-5-10(18-9)12(15)16/h8-10H,3-7H2,1-2H3,(H,13,14)(H,15,16). The van der Waals surface area contributed by atoms with Gasteiger partial charge in [0.25, 0.3) is 0 Å². The lowest BCUT2D eigenvalue weighted by Gasteiger charge is -2.12. The molecule has 0 aliphatic carbocycles. The van der Waals surface area contributed by atoms with Crippen molar-refractivity contribution in [3.8, 4) is 0 Å². The maximum atomic E-state index is 11.6. The Morgan fingerprint density at radius 3 is 2.61 bits per heavy atom. The molecule has 6 nitrogen and oxygen atoms in total. The van der Waals surface area contributed by atoms with E-state index < -0.39 is 18.2 Å². The first kappa shape index (κ1) is 14.9. The zero-order valence-electron chi connectivity index (χ0n) is 10.8. The predicted molar refractivity (Wildman–Crippen MR) is 64.2 cm³/mol. The molecule has 0 radical (unpaired) electrons. The number of nitrogens with one attached hydrogen (secondary N) is 1. The molecule has 0 spiro atoms. The Hall–Kier alpha value is -1.14. The summed E-state index contributed by atoms with van der Waals surface area (Å²) < 4.78 is 10.5. The highest BCUT2D eigenvalue weighted by Gasteiger charge is 2.34. The number of aliphatic carboxylic acids is 1. The Morgan fingerprint density at radius 1 is 1.39 bits per heavy atom. The predicted octanol–water partition coefficient (Wildman–Crippen LogP) is 0.550. The SMILES string of the molecule is CC(C)OCCCNC(=O)C1CCC(C(=O)O)O1. The Morgan fingerprint density at radius 2 is 2.06 bits per heavy atom. The summed E-state index contributed by atoms with van der Waals surface area (Å²) in [4.78, 5) is 22.3. The van der Waals surface area contributed by atoms with Crippen molar-refractivity contribution in [2.45, 2.75) is 51.4 Å². The van der Waals surface area contributed by atoms with Crippen molar-refractivity contribution >= 4 is 11.9 Å². The highest BCUT2D eigenvalue weighted by molar-refractivity contribution is 5.82. The van der Waals surface area contributed by atoms with Crippen molar-refractivity contribution in [3.63, 3.8) is 0 Å². The van der Waals surface area contributed by atoms with Crippen molar-refractivity contribution in [2.24, 2.45) is 0 Å². The van der Waals surface area contributed by atoms with Gasteiger partial charge in [-0.05, 0) is 33.1 Å². The van der Waals surface area contributed by atoms with Crippen molar-refractivity contribution in [1.29, 1.82) is 0 Å². The fraction of sp³-hybridized carbons (Fsp3) is 0.833. The van der Waals surface area contributed by atoms with Gasteiger partial charge in [-0.2, -0.15) is 0 Å². The molecule has 0 aromatic heterocycles. The molecule has 1 aliphatic heterocycles. The Labute approximate surface area is 107 Å². The van der Waals surface area contributed by atoms with Gasteiger partial charge in [0.15, 0.2) is 6.10 Å². The second kappa shape index (κ2) is 7.33. The summed E-state index contributed by atoms with van der Waals surface area (Å²) in [7, 11) is 0. The minimum atomic E-state index is -1.00. The van der Waals surface area contributed by atoms with Gasteiger partial charge < -0.3 is 19.9 Å². The number of hydrogen-bond acceptors (Lipinski definition) is 4. The fourth-order valence-corrected chi connectivity index (χ4v) is 1.73. The molecule has 0 saturated carbocycles. The molecule has 6 heteroatoms. The van der Waals surface area contributed by atoms with Gasteiger partial charge in [0.2, 0.25) is 5.91 Å². The highest BCUT2D eigenvalue weighted by Crippen LogP contribution is 2.19. The summed E-state index contributed by atoms with van der Waals surface area (Å²) in [6, 6.07) is 0. The molecule has 104 valence electrons. The van der Waals surface area contributed by atoms with Crippen molar-refractivity contribution in [1.82, 2.24) is 5.32 Å². The van der Waals surface area contributed by atoms with E-state index in [2.05, 4.69) is 5.32 Å². The van der Waals surface area contributed by atoms with Gasteiger partial charge in [0.1, 0.15) is 6.10 Å². The van der Waals surface area contributed by atoms with Crippen LogP contribution < -0.4 is 5.32 Å². The van der Waals surface area contributed by atoms with Crippen LogP contribution in [0.1, 0.15) is 33.1 Å². The van der Waals surface area contributed by atoms with Crippen molar-refractivity contribution < 1.29 is 24.2 Å². The Balaban J connectivity index is 2.12. The molecule has 0 bridgehead atoms. The summed E-state index contributed by atoms with van der Waals surface area (Å²) in [5.41, 5.74) is 0. The number of carboxylic acid groups (broad SMARTS) is 1. The van der Waals surface area contributed by atoms with Crippen LogP contribution in [0.3, 0.4) is 0 Å². The zero-order chi connectivity index (χ0) is 13.5. The number of amides is 1. The summed E-state index contributed by atoms with van der Waals surface area (Å²) in [5, 5.41) is 11.5. The van der Waals surface area contributed by atoms with Crippen molar-refractivity contribution in [3.05, 3.63) is 0 Å². The molecule has 1 amide bonds. The van der Waals surface area contributed by atoms with Gasteiger partial charge in [0.05, 0.1) is 6.10 Å². The van der Waals surface area contributed by atoms with Crippen molar-refractivity contribution in [2.75, 3.05) is 13.2 Å². The molecule has 0 aromatic carbocycles. The minimum Gasteiger partial charge on any atom is -0.479 e. The van der Waals surface area contributed by atoms with E-state index >= 15 is 0 Å². The van der Waals surface area contributed by atoms with Crippen LogP contribution in [0.4, 0.5) is 0 Å². The summed E-state index contributed by atoms with van der Waals surface area (Å²) >= 11 is 0. The summed E-state index contributed by atoms with van der Waals surface area (Å²) in [6.07, 6.45) is 0.311. The largest absolute Gasteiger partial charge is 0.479 e. The molecule has 0 aromatic rings. The van der Waals surface area contributed by atoms with Crippen LogP contribution in [0, 0.1) is 0 Å². The number of carboxylic acids is 1. The second-order valence-corrected chi connectivity index (χ2v) is 4.59. The third kappa shape index (κ3) is 5.01. The second-order valence-electron chi connectivity index (χ2n) is 4.59. The number of ether oxygens (including phenoxy) is 2. The van der Waals surface area contributed by atoms with Gasteiger partial charge in [-0.15, -0.1) is 0 Å². The molecule has 2 N–H and O–H groups in total. The molecule has 1 fully saturated rings. The average Bonchev–Trinajstić information content (AvgIpc) is 2.77. The lowest BCUT2D eigenvalue weighted by atomic mass is 10.2. The van der Waals surface area contributed by atoms with Crippen LogP contribution in [-0.4, -0.2) is 48.4 Å². The van der Waals surface area contributed by atoms with Crippen LogP contribution in [0.15, 0.2) is 0 Å². The third-order valence-corrected chi connectivity index (χ3v) is 2.66. The average molecular weight is 259 g/mol. The van der Waals surface area contributed by atoms with Gasteiger partial charge >= 0.3 is 5.97 Å². The maximum absolute atomic E-state index is 11.6. The number of rotatable bonds is 7. The molecular weight excluding hydrogens is 238 g/mol. The Bertz CT molecular complexity index is 292. The highest BCUT2D eigenvalue weighted by atomic mass is 16.5.